The lowest BCUT2D eigenvalue weighted by Crippen LogP contribution is -2.30. The summed E-state index contributed by atoms with van der Waals surface area (Å²) in [5.74, 6) is -0.950. The summed E-state index contributed by atoms with van der Waals surface area (Å²) in [7, 11) is 0. The monoisotopic (exact) mass is 1100 g/mol. The summed E-state index contributed by atoms with van der Waals surface area (Å²) < 4.78 is 16.9. The van der Waals surface area contributed by atoms with Crippen molar-refractivity contribution in [1.82, 2.24) is 0 Å². The van der Waals surface area contributed by atoms with Gasteiger partial charge in [0.25, 0.3) is 0 Å². The minimum Gasteiger partial charge on any atom is -0.462 e. The van der Waals surface area contributed by atoms with Crippen molar-refractivity contribution in [3.8, 4) is 0 Å². The Hall–Kier alpha value is -4.97. The van der Waals surface area contributed by atoms with E-state index in [0.29, 0.717) is 19.3 Å². The first-order valence-electron chi connectivity index (χ1n) is 32.5. The van der Waals surface area contributed by atoms with E-state index in [1.807, 2.05) is 0 Å². The summed E-state index contributed by atoms with van der Waals surface area (Å²) in [6, 6.07) is 0. The molecule has 80 heavy (non-hydrogen) atoms. The predicted octanol–water partition coefficient (Wildman–Crippen LogP) is 22.5. The lowest BCUT2D eigenvalue weighted by atomic mass is 10.0. The van der Waals surface area contributed by atoms with Crippen molar-refractivity contribution in [1.29, 1.82) is 0 Å². The van der Waals surface area contributed by atoms with Crippen LogP contribution in [0.3, 0.4) is 0 Å². The quantitative estimate of drug-likeness (QED) is 0.0261. The Kier molecular flexibility index (Phi) is 62.4. The molecule has 0 N–H and O–H groups in total. The zero-order valence-electron chi connectivity index (χ0n) is 51.5. The summed E-state index contributed by atoms with van der Waals surface area (Å²) in [6.07, 6.45) is 96.7. The highest BCUT2D eigenvalue weighted by atomic mass is 16.6. The van der Waals surface area contributed by atoms with E-state index in [4.69, 9.17) is 14.2 Å². The average Bonchev–Trinajstić information content (AvgIpc) is 3.46. The highest BCUT2D eigenvalue weighted by Crippen LogP contribution is 2.15. The van der Waals surface area contributed by atoms with Gasteiger partial charge >= 0.3 is 17.9 Å². The highest BCUT2D eigenvalue weighted by Gasteiger charge is 2.19. The number of allylic oxidation sites excluding steroid dienone is 26. The number of carbonyl (C=O) groups excluding carboxylic acids is 3. The van der Waals surface area contributed by atoms with Gasteiger partial charge in [-0.3, -0.25) is 14.4 Å². The molecule has 0 rings (SSSR count). The molecule has 6 heteroatoms. The lowest BCUT2D eigenvalue weighted by Gasteiger charge is -2.18. The fraction of sp³-hybridized carbons (Fsp3) is 0.608. The molecule has 0 saturated carbocycles. The van der Waals surface area contributed by atoms with Crippen LogP contribution in [0, 0.1) is 0 Å². The van der Waals surface area contributed by atoms with Gasteiger partial charge in [-0.25, -0.2) is 0 Å². The minimum atomic E-state index is -0.808. The summed E-state index contributed by atoms with van der Waals surface area (Å²) in [6.45, 7) is 6.37. The van der Waals surface area contributed by atoms with Gasteiger partial charge in [0.15, 0.2) is 6.10 Å². The Morgan fingerprint density at radius 3 is 0.775 bits per heavy atom. The van der Waals surface area contributed by atoms with Crippen molar-refractivity contribution in [2.75, 3.05) is 13.2 Å². The molecule has 0 spiro atoms. The van der Waals surface area contributed by atoms with E-state index in [0.717, 1.165) is 161 Å². The van der Waals surface area contributed by atoms with Crippen LogP contribution in [0.15, 0.2) is 158 Å². The van der Waals surface area contributed by atoms with Crippen LogP contribution >= 0.6 is 0 Å². The second-order valence-electron chi connectivity index (χ2n) is 20.9. The molecule has 0 aromatic rings. The molecule has 0 heterocycles. The maximum absolute atomic E-state index is 12.9. The number of esters is 3. The maximum atomic E-state index is 12.9. The number of hydrogen-bond acceptors (Lipinski definition) is 6. The van der Waals surface area contributed by atoms with E-state index in [9.17, 15) is 14.4 Å². The molecule has 0 radical (unpaired) electrons. The second kappa shape index (κ2) is 66.5. The molecular formula is C74H118O6. The minimum absolute atomic E-state index is 0.0994. The number of carbonyl (C=O) groups is 3. The molecule has 0 fully saturated rings. The van der Waals surface area contributed by atoms with Crippen LogP contribution in [-0.2, 0) is 28.6 Å². The number of unbranched alkanes of at least 4 members (excludes halogenated alkanes) is 20. The van der Waals surface area contributed by atoms with Crippen molar-refractivity contribution in [2.24, 2.45) is 0 Å². The van der Waals surface area contributed by atoms with Crippen LogP contribution in [-0.4, -0.2) is 37.2 Å². The zero-order valence-corrected chi connectivity index (χ0v) is 51.5. The van der Waals surface area contributed by atoms with Crippen LogP contribution in [0.2, 0.25) is 0 Å². The van der Waals surface area contributed by atoms with Gasteiger partial charge in [-0.15, -0.1) is 0 Å². The van der Waals surface area contributed by atoms with E-state index >= 15 is 0 Å². The molecule has 1 unspecified atom stereocenters. The van der Waals surface area contributed by atoms with Crippen molar-refractivity contribution in [3.63, 3.8) is 0 Å². The van der Waals surface area contributed by atoms with E-state index in [1.54, 1.807) is 0 Å². The molecule has 0 saturated heterocycles. The highest BCUT2D eigenvalue weighted by molar-refractivity contribution is 5.71. The number of hydrogen-bond donors (Lipinski definition) is 0. The van der Waals surface area contributed by atoms with Crippen LogP contribution in [0.1, 0.15) is 271 Å². The van der Waals surface area contributed by atoms with E-state index in [1.165, 1.54) is 70.6 Å². The molecule has 0 bridgehead atoms. The largest absolute Gasteiger partial charge is 0.462 e. The normalized spacial score (nSPS) is 13.2. The first-order chi connectivity index (χ1) is 39.5. The maximum Gasteiger partial charge on any atom is 0.306 e. The fourth-order valence-corrected chi connectivity index (χ4v) is 8.48. The SMILES string of the molecule is CC/C=C\C/C=C\C/C=C\C/C=C\C/C=C\C/C=C\C/C=C\CCCCCC(=O)OCC(COC(=O)CCCCCCCCCCCCCC)OC(=O)CCCCCCCC/C=C\C/C=C\C/C=C\C/C=C\C/C=C\C/C=C\CC. The standard InChI is InChI=1S/C74H118O6/c1-4-7-10-13-16-19-22-25-27-29-31-33-35-37-39-41-43-45-47-49-52-55-58-61-64-67-73(76)79-70-71(69-78-72(75)66-63-60-57-54-51-24-21-18-15-12-9-6-3)80-74(77)68-65-62-59-56-53-50-48-46-44-42-40-38-36-34-32-30-28-26-23-20-17-14-11-8-5-2/h7-8,10-11,16-17,19-20,25-28,31-34,37-40,43-46,49,52,71H,4-6,9,12-15,18,21-24,29-30,35-36,41-42,47-48,50-51,53-70H2,1-3H3/b10-7-,11-8-,19-16-,20-17-,27-25-,28-26-,33-31-,34-32-,39-37-,40-38-,45-43-,46-44-,52-49-. The lowest BCUT2D eigenvalue weighted by molar-refractivity contribution is -0.167. The van der Waals surface area contributed by atoms with Gasteiger partial charge in [-0.1, -0.05) is 281 Å². The predicted molar refractivity (Wildman–Crippen MR) is 348 cm³/mol. The molecule has 1 atom stereocenters. The topological polar surface area (TPSA) is 78.9 Å². The summed E-state index contributed by atoms with van der Waals surface area (Å²) >= 11 is 0. The molecule has 0 aliphatic carbocycles. The molecule has 0 aromatic heterocycles. The third-order valence-corrected chi connectivity index (χ3v) is 13.3. The van der Waals surface area contributed by atoms with Crippen LogP contribution in [0.4, 0.5) is 0 Å². The summed E-state index contributed by atoms with van der Waals surface area (Å²) in [4.78, 5) is 38.3. The molecule has 0 aliphatic heterocycles. The summed E-state index contributed by atoms with van der Waals surface area (Å²) in [5.41, 5.74) is 0. The third-order valence-electron chi connectivity index (χ3n) is 13.3. The molecule has 6 nitrogen and oxygen atoms in total. The van der Waals surface area contributed by atoms with E-state index in [-0.39, 0.29) is 31.1 Å². The van der Waals surface area contributed by atoms with Crippen molar-refractivity contribution in [3.05, 3.63) is 158 Å². The van der Waals surface area contributed by atoms with Crippen LogP contribution in [0.25, 0.3) is 0 Å². The van der Waals surface area contributed by atoms with Gasteiger partial charge in [0.1, 0.15) is 13.2 Å². The Balaban J connectivity index is 4.45. The van der Waals surface area contributed by atoms with Crippen LogP contribution < -0.4 is 0 Å². The van der Waals surface area contributed by atoms with E-state index < -0.39 is 6.10 Å². The van der Waals surface area contributed by atoms with Crippen molar-refractivity contribution < 1.29 is 28.6 Å². The van der Waals surface area contributed by atoms with Gasteiger partial charge in [-0.05, 0) is 128 Å². The first-order valence-corrected chi connectivity index (χ1v) is 32.5. The Bertz CT molecular complexity index is 1790. The van der Waals surface area contributed by atoms with Crippen molar-refractivity contribution in [2.45, 2.75) is 277 Å². The number of rotatable bonds is 57. The Labute approximate surface area is 492 Å². The van der Waals surface area contributed by atoms with Gasteiger partial charge in [0.2, 0.25) is 0 Å². The Morgan fingerprint density at radius 2 is 0.487 bits per heavy atom. The third kappa shape index (κ3) is 63.9. The van der Waals surface area contributed by atoms with Gasteiger partial charge in [0, 0.05) is 19.3 Å². The fourth-order valence-electron chi connectivity index (χ4n) is 8.48. The van der Waals surface area contributed by atoms with Crippen molar-refractivity contribution >= 4 is 17.9 Å². The molecule has 0 aromatic carbocycles. The number of ether oxygens (including phenoxy) is 3. The average molecular weight is 1100 g/mol. The van der Waals surface area contributed by atoms with Gasteiger partial charge < -0.3 is 14.2 Å². The second-order valence-corrected chi connectivity index (χ2v) is 20.9. The molecule has 450 valence electrons. The van der Waals surface area contributed by atoms with E-state index in [2.05, 4.69) is 179 Å². The first kappa shape index (κ1) is 75.0. The van der Waals surface area contributed by atoms with Gasteiger partial charge in [-0.2, -0.15) is 0 Å². The molecule has 0 amide bonds. The smallest absolute Gasteiger partial charge is 0.306 e. The Morgan fingerprint density at radius 1 is 0.263 bits per heavy atom. The van der Waals surface area contributed by atoms with Crippen LogP contribution in [0.5, 0.6) is 0 Å². The molecule has 0 aliphatic rings. The molecular weight excluding hydrogens is 985 g/mol. The zero-order chi connectivity index (χ0) is 57.8. The summed E-state index contributed by atoms with van der Waals surface area (Å²) in [5, 5.41) is 0. The van der Waals surface area contributed by atoms with Gasteiger partial charge in [0.05, 0.1) is 0 Å².